The van der Waals surface area contributed by atoms with E-state index in [9.17, 15) is 9.90 Å². The summed E-state index contributed by atoms with van der Waals surface area (Å²) < 4.78 is 0. The van der Waals surface area contributed by atoms with Crippen molar-refractivity contribution in [1.29, 1.82) is 0 Å². The average molecular weight is 375 g/mol. The van der Waals surface area contributed by atoms with Crippen molar-refractivity contribution in [2.75, 3.05) is 31.6 Å². The molecule has 1 saturated heterocycles. The molecule has 26 heavy (non-hydrogen) atoms. The molecule has 0 saturated carbocycles. The predicted molar refractivity (Wildman–Crippen MR) is 104 cm³/mol. The summed E-state index contributed by atoms with van der Waals surface area (Å²) in [4.78, 5) is 26.0. The Bertz CT molecular complexity index is 725. The molecule has 1 atom stereocenters. The number of likely N-dealkylation sites (N-methyl/N-ethyl adjacent to an activating group) is 1. The lowest BCUT2D eigenvalue weighted by Gasteiger charge is -2.28. The number of hydrogen-bond donors (Lipinski definition) is 1. The van der Waals surface area contributed by atoms with Gasteiger partial charge in [-0.15, -0.1) is 11.3 Å². The molecule has 0 unspecified atom stereocenters. The molecule has 7 heteroatoms. The normalized spacial score (nSPS) is 16.0. The molecule has 3 heterocycles. The van der Waals surface area contributed by atoms with Gasteiger partial charge in [0.05, 0.1) is 11.2 Å². The van der Waals surface area contributed by atoms with E-state index in [-0.39, 0.29) is 0 Å². The molecule has 1 N–H and O–H groups in total. The first-order valence-corrected chi connectivity index (χ1v) is 9.97. The van der Waals surface area contributed by atoms with Crippen LogP contribution in [-0.2, 0) is 11.2 Å². The molecule has 2 aromatic heterocycles. The van der Waals surface area contributed by atoms with E-state index in [1.807, 2.05) is 36.5 Å². The van der Waals surface area contributed by atoms with Crippen molar-refractivity contribution in [3.8, 4) is 0 Å². The summed E-state index contributed by atoms with van der Waals surface area (Å²) in [6.07, 6.45) is 6.19. The van der Waals surface area contributed by atoms with E-state index < -0.39 is 12.0 Å². The van der Waals surface area contributed by atoms with Crippen LogP contribution in [0.15, 0.2) is 23.8 Å². The molecule has 1 aliphatic heterocycles. The number of anilines is 1. The van der Waals surface area contributed by atoms with Gasteiger partial charge in [-0.05, 0) is 51.3 Å². The third kappa shape index (κ3) is 4.40. The molecular weight excluding hydrogens is 348 g/mol. The van der Waals surface area contributed by atoms with Crippen LogP contribution in [0.25, 0.3) is 0 Å². The lowest BCUT2D eigenvalue weighted by Crippen LogP contribution is -2.33. The quantitative estimate of drug-likeness (QED) is 0.803. The molecule has 0 amide bonds. The van der Waals surface area contributed by atoms with Gasteiger partial charge in [-0.25, -0.2) is 9.97 Å². The molecule has 3 rings (SSSR count). The van der Waals surface area contributed by atoms with Gasteiger partial charge in [-0.1, -0.05) is 6.07 Å². The number of thiazole rings is 1. The zero-order valence-corrected chi connectivity index (χ0v) is 16.2. The number of aromatic nitrogens is 2. The second kappa shape index (κ2) is 8.60. The molecule has 0 bridgehead atoms. The minimum atomic E-state index is -0.846. The van der Waals surface area contributed by atoms with Crippen LogP contribution in [0.4, 0.5) is 5.82 Å². The fourth-order valence-electron chi connectivity index (χ4n) is 3.43. The minimum absolute atomic E-state index is 0.661. The Hall–Kier alpha value is -1.99. The van der Waals surface area contributed by atoms with Crippen LogP contribution in [0.2, 0.25) is 0 Å². The zero-order chi connectivity index (χ0) is 18.5. The van der Waals surface area contributed by atoms with Crippen molar-refractivity contribution in [2.45, 2.75) is 38.6 Å². The van der Waals surface area contributed by atoms with Crippen molar-refractivity contribution < 1.29 is 9.90 Å². The van der Waals surface area contributed by atoms with Crippen LogP contribution in [0, 0.1) is 6.92 Å². The molecular formula is C19H26N4O2S. The fraction of sp³-hybridized carbons (Fsp3) is 0.526. The van der Waals surface area contributed by atoms with Crippen molar-refractivity contribution >= 4 is 23.1 Å². The van der Waals surface area contributed by atoms with Gasteiger partial charge in [-0.2, -0.15) is 0 Å². The van der Waals surface area contributed by atoms with Crippen LogP contribution < -0.4 is 4.90 Å². The number of hydrogen-bond acceptors (Lipinski definition) is 6. The Morgan fingerprint density at radius 1 is 1.31 bits per heavy atom. The molecule has 6 nitrogen and oxygen atoms in total. The summed E-state index contributed by atoms with van der Waals surface area (Å²) in [6.45, 7) is 4.71. The van der Waals surface area contributed by atoms with Crippen molar-refractivity contribution in [3.63, 3.8) is 0 Å². The monoisotopic (exact) mass is 374 g/mol. The minimum Gasteiger partial charge on any atom is -0.480 e. The summed E-state index contributed by atoms with van der Waals surface area (Å²) in [5, 5.41) is 9.74. The number of carboxylic acids is 1. The molecule has 2 aromatic rings. The number of carboxylic acid groups (broad SMARTS) is 1. The molecule has 0 aromatic carbocycles. The summed E-state index contributed by atoms with van der Waals surface area (Å²) in [6, 6.07) is 3.17. The molecule has 1 aliphatic rings. The van der Waals surface area contributed by atoms with Gasteiger partial charge in [0.1, 0.15) is 11.9 Å². The van der Waals surface area contributed by atoms with Crippen molar-refractivity contribution in [2.24, 2.45) is 0 Å². The number of rotatable bonds is 7. The second-order valence-corrected chi connectivity index (χ2v) is 7.77. The highest BCUT2D eigenvalue weighted by Crippen LogP contribution is 2.24. The van der Waals surface area contributed by atoms with E-state index in [1.54, 1.807) is 17.5 Å². The standard InChI is InChI=1S/C19H26N4O2S/c1-14-16(26-13-21-14)8-11-22(2)18(19(24)25)15-6-7-17(20-12-15)23-9-4-3-5-10-23/h6-7,12-13,18H,3-5,8-11H2,1-2H3,(H,24,25)/t18-/m1/s1. The second-order valence-electron chi connectivity index (χ2n) is 6.83. The maximum atomic E-state index is 11.9. The Morgan fingerprint density at radius 2 is 2.08 bits per heavy atom. The zero-order valence-electron chi connectivity index (χ0n) is 15.4. The van der Waals surface area contributed by atoms with Crippen LogP contribution in [0.3, 0.4) is 0 Å². The fourth-order valence-corrected chi connectivity index (χ4v) is 4.20. The first-order valence-electron chi connectivity index (χ1n) is 9.09. The van der Waals surface area contributed by atoms with Crippen LogP contribution in [0.5, 0.6) is 0 Å². The first kappa shape index (κ1) is 18.8. The molecule has 0 spiro atoms. The van der Waals surface area contributed by atoms with Crippen LogP contribution >= 0.6 is 11.3 Å². The number of piperidine rings is 1. The van der Waals surface area contributed by atoms with Gasteiger partial charge in [0, 0.05) is 30.7 Å². The van der Waals surface area contributed by atoms with E-state index >= 15 is 0 Å². The van der Waals surface area contributed by atoms with E-state index in [2.05, 4.69) is 14.9 Å². The maximum Gasteiger partial charge on any atom is 0.325 e. The number of nitrogens with zero attached hydrogens (tertiary/aromatic N) is 4. The molecule has 1 fully saturated rings. The van der Waals surface area contributed by atoms with Gasteiger partial charge in [0.25, 0.3) is 0 Å². The van der Waals surface area contributed by atoms with Gasteiger partial charge in [-0.3, -0.25) is 9.69 Å². The lowest BCUT2D eigenvalue weighted by atomic mass is 10.1. The summed E-state index contributed by atoms with van der Waals surface area (Å²) in [5.41, 5.74) is 3.59. The molecule has 140 valence electrons. The maximum absolute atomic E-state index is 11.9. The average Bonchev–Trinajstić information content (AvgIpc) is 3.06. The highest BCUT2D eigenvalue weighted by molar-refractivity contribution is 7.09. The number of aryl methyl sites for hydroxylation is 1. The number of carbonyl (C=O) groups is 1. The number of aliphatic carboxylic acids is 1. The van der Waals surface area contributed by atoms with Crippen LogP contribution in [0.1, 0.15) is 41.4 Å². The van der Waals surface area contributed by atoms with Gasteiger partial charge < -0.3 is 10.0 Å². The SMILES string of the molecule is Cc1ncsc1CCN(C)[C@@H](C(=O)O)c1ccc(N2CCCCC2)nc1. The Morgan fingerprint density at radius 3 is 2.65 bits per heavy atom. The van der Waals surface area contributed by atoms with E-state index in [1.165, 1.54) is 24.1 Å². The van der Waals surface area contributed by atoms with Crippen molar-refractivity contribution in [3.05, 3.63) is 40.0 Å². The van der Waals surface area contributed by atoms with Crippen molar-refractivity contribution in [1.82, 2.24) is 14.9 Å². The van der Waals surface area contributed by atoms with E-state index in [4.69, 9.17) is 0 Å². The van der Waals surface area contributed by atoms with Gasteiger partial charge in [0.15, 0.2) is 0 Å². The van der Waals surface area contributed by atoms with E-state index in [0.717, 1.165) is 36.6 Å². The third-order valence-corrected chi connectivity index (χ3v) is 5.97. The molecule has 0 aliphatic carbocycles. The van der Waals surface area contributed by atoms with Crippen LogP contribution in [-0.4, -0.2) is 52.6 Å². The summed E-state index contributed by atoms with van der Waals surface area (Å²) in [5.74, 6) is 0.0987. The third-order valence-electron chi connectivity index (χ3n) is 4.98. The smallest absolute Gasteiger partial charge is 0.325 e. The van der Waals surface area contributed by atoms with Gasteiger partial charge in [0.2, 0.25) is 0 Å². The number of pyridine rings is 1. The molecule has 0 radical (unpaired) electrons. The Kier molecular flexibility index (Phi) is 6.21. The predicted octanol–water partition coefficient (Wildman–Crippen LogP) is 3.14. The lowest BCUT2D eigenvalue weighted by molar-refractivity contribution is -0.143. The highest BCUT2D eigenvalue weighted by atomic mass is 32.1. The Balaban J connectivity index is 1.68. The largest absolute Gasteiger partial charge is 0.480 e. The van der Waals surface area contributed by atoms with E-state index in [0.29, 0.717) is 6.54 Å². The Labute approximate surface area is 158 Å². The highest BCUT2D eigenvalue weighted by Gasteiger charge is 2.25. The topological polar surface area (TPSA) is 69.6 Å². The summed E-state index contributed by atoms with van der Waals surface area (Å²) >= 11 is 1.62. The summed E-state index contributed by atoms with van der Waals surface area (Å²) in [7, 11) is 1.85. The van der Waals surface area contributed by atoms with Gasteiger partial charge >= 0.3 is 5.97 Å². The first-order chi connectivity index (χ1) is 12.6.